The normalized spacial score (nSPS) is 15.1. The second kappa shape index (κ2) is 10.3. The lowest BCUT2D eigenvalue weighted by Crippen LogP contribution is -2.48. The molecular weight excluding hydrogens is 433 g/mol. The first-order valence-corrected chi connectivity index (χ1v) is 10.9. The lowest BCUT2D eigenvalue weighted by molar-refractivity contribution is -0.274. The average Bonchev–Trinajstić information content (AvgIpc) is 3.26. The molecule has 0 amide bonds. The predicted octanol–water partition coefficient (Wildman–Crippen LogP) is 4.46. The highest BCUT2D eigenvalue weighted by Crippen LogP contribution is 2.26. The third kappa shape index (κ3) is 6.72. The minimum atomic E-state index is -4.71. The van der Waals surface area contributed by atoms with E-state index in [0.29, 0.717) is 23.6 Å². The molecule has 2 heterocycles. The predicted molar refractivity (Wildman–Crippen MR) is 120 cm³/mol. The molecule has 0 bridgehead atoms. The number of anilines is 1. The van der Waals surface area contributed by atoms with Crippen LogP contribution < -0.4 is 15.0 Å². The molecule has 0 unspecified atom stereocenters. The molecule has 9 heteroatoms. The number of nitrogens with one attached hydrogen (secondary N) is 1. The molecule has 1 N–H and O–H groups in total. The fraction of sp³-hybridized carbons (Fsp3) is 0.375. The van der Waals surface area contributed by atoms with Gasteiger partial charge >= 0.3 is 6.36 Å². The SMILES string of the molecule is Cc1ccc(N2CCN(CCNCc3cc(-c4ccc(OC(F)(F)F)cc4)no3)CC2)cc1. The van der Waals surface area contributed by atoms with E-state index in [4.69, 9.17) is 4.52 Å². The Bertz CT molecular complexity index is 1010. The number of alkyl halides is 3. The summed E-state index contributed by atoms with van der Waals surface area (Å²) in [4.78, 5) is 4.86. The van der Waals surface area contributed by atoms with Gasteiger partial charge in [0, 0.05) is 56.6 Å². The third-order valence-corrected chi connectivity index (χ3v) is 5.62. The minimum Gasteiger partial charge on any atom is -0.406 e. The maximum absolute atomic E-state index is 12.3. The van der Waals surface area contributed by atoms with Gasteiger partial charge in [-0.2, -0.15) is 0 Å². The minimum absolute atomic E-state index is 0.267. The highest BCUT2D eigenvalue weighted by Gasteiger charge is 2.31. The van der Waals surface area contributed by atoms with E-state index in [2.05, 4.69) is 56.2 Å². The van der Waals surface area contributed by atoms with Crippen LogP contribution in [0.1, 0.15) is 11.3 Å². The molecule has 1 aliphatic rings. The number of ether oxygens (including phenoxy) is 1. The van der Waals surface area contributed by atoms with Gasteiger partial charge < -0.3 is 19.5 Å². The molecule has 1 saturated heterocycles. The van der Waals surface area contributed by atoms with Crippen molar-refractivity contribution in [3.63, 3.8) is 0 Å². The Hall–Kier alpha value is -3.04. The Morgan fingerprint density at radius 1 is 1.00 bits per heavy atom. The molecular formula is C24H27F3N4O2. The molecule has 0 radical (unpaired) electrons. The number of piperazine rings is 1. The first kappa shape index (κ1) is 23.1. The molecule has 0 spiro atoms. The zero-order valence-electron chi connectivity index (χ0n) is 18.4. The van der Waals surface area contributed by atoms with E-state index >= 15 is 0 Å². The van der Waals surface area contributed by atoms with Crippen molar-refractivity contribution in [1.82, 2.24) is 15.4 Å². The van der Waals surface area contributed by atoms with Crippen molar-refractivity contribution in [2.24, 2.45) is 0 Å². The van der Waals surface area contributed by atoms with Crippen molar-refractivity contribution in [3.8, 4) is 17.0 Å². The highest BCUT2D eigenvalue weighted by atomic mass is 19.4. The van der Waals surface area contributed by atoms with Crippen LogP contribution in [0.4, 0.5) is 18.9 Å². The number of hydrogen-bond donors (Lipinski definition) is 1. The first-order chi connectivity index (χ1) is 15.9. The number of hydrogen-bond acceptors (Lipinski definition) is 6. The zero-order valence-corrected chi connectivity index (χ0v) is 18.4. The molecule has 33 heavy (non-hydrogen) atoms. The average molecular weight is 461 g/mol. The van der Waals surface area contributed by atoms with Crippen LogP contribution in [0.2, 0.25) is 0 Å². The van der Waals surface area contributed by atoms with E-state index in [1.54, 1.807) is 6.07 Å². The number of aromatic nitrogens is 1. The van der Waals surface area contributed by atoms with Gasteiger partial charge in [-0.25, -0.2) is 0 Å². The van der Waals surface area contributed by atoms with Crippen LogP contribution in [0.5, 0.6) is 5.75 Å². The maximum atomic E-state index is 12.3. The zero-order chi connectivity index (χ0) is 23.3. The Morgan fingerprint density at radius 3 is 2.36 bits per heavy atom. The molecule has 3 aromatic rings. The highest BCUT2D eigenvalue weighted by molar-refractivity contribution is 5.59. The lowest BCUT2D eigenvalue weighted by Gasteiger charge is -2.36. The standard InChI is InChI=1S/C24H27F3N4O2/c1-18-2-6-20(7-3-18)31-14-12-30(13-15-31)11-10-28-17-22-16-23(29-33-22)19-4-8-21(9-5-19)32-24(25,26)27/h2-9,16,28H,10-15,17H2,1H3. The van der Waals surface area contributed by atoms with Gasteiger partial charge in [-0.1, -0.05) is 22.9 Å². The van der Waals surface area contributed by atoms with E-state index in [1.165, 1.54) is 35.5 Å². The summed E-state index contributed by atoms with van der Waals surface area (Å²) in [5.74, 6) is 0.404. The van der Waals surface area contributed by atoms with Crippen molar-refractivity contribution < 1.29 is 22.4 Å². The second-order valence-electron chi connectivity index (χ2n) is 8.09. The van der Waals surface area contributed by atoms with Crippen LogP contribution in [0.3, 0.4) is 0 Å². The van der Waals surface area contributed by atoms with Gasteiger partial charge in [0.25, 0.3) is 0 Å². The van der Waals surface area contributed by atoms with Crippen LogP contribution in [-0.4, -0.2) is 55.7 Å². The maximum Gasteiger partial charge on any atom is 0.573 e. The lowest BCUT2D eigenvalue weighted by atomic mass is 10.1. The van der Waals surface area contributed by atoms with Crippen molar-refractivity contribution in [2.75, 3.05) is 44.2 Å². The van der Waals surface area contributed by atoms with Crippen LogP contribution in [0.25, 0.3) is 11.3 Å². The number of rotatable bonds is 8. The van der Waals surface area contributed by atoms with Gasteiger partial charge in [0.15, 0.2) is 5.76 Å². The summed E-state index contributed by atoms with van der Waals surface area (Å²) >= 11 is 0. The summed E-state index contributed by atoms with van der Waals surface area (Å²) in [6.45, 7) is 8.48. The van der Waals surface area contributed by atoms with Gasteiger partial charge in [0.2, 0.25) is 0 Å². The molecule has 176 valence electrons. The molecule has 0 saturated carbocycles. The number of benzene rings is 2. The van der Waals surface area contributed by atoms with Crippen LogP contribution in [-0.2, 0) is 6.54 Å². The van der Waals surface area contributed by atoms with Crippen molar-refractivity contribution >= 4 is 5.69 Å². The van der Waals surface area contributed by atoms with Gasteiger partial charge in [-0.05, 0) is 43.3 Å². The summed E-state index contributed by atoms with van der Waals surface area (Å²) < 4.78 is 46.1. The van der Waals surface area contributed by atoms with Gasteiger partial charge in [-0.3, -0.25) is 4.90 Å². The number of halogens is 3. The summed E-state index contributed by atoms with van der Waals surface area (Å²) in [6, 6.07) is 16.0. The fourth-order valence-corrected chi connectivity index (χ4v) is 3.79. The first-order valence-electron chi connectivity index (χ1n) is 10.9. The Morgan fingerprint density at radius 2 is 1.70 bits per heavy atom. The van der Waals surface area contributed by atoms with Crippen LogP contribution in [0, 0.1) is 6.92 Å². The molecule has 1 aromatic heterocycles. The summed E-state index contributed by atoms with van der Waals surface area (Å²) in [5.41, 5.74) is 3.78. The third-order valence-electron chi connectivity index (χ3n) is 5.62. The molecule has 0 aliphatic carbocycles. The monoisotopic (exact) mass is 460 g/mol. The number of nitrogens with zero attached hydrogens (tertiary/aromatic N) is 3. The Balaban J connectivity index is 1.17. The second-order valence-corrected chi connectivity index (χ2v) is 8.09. The van der Waals surface area contributed by atoms with Crippen molar-refractivity contribution in [1.29, 1.82) is 0 Å². The fourth-order valence-electron chi connectivity index (χ4n) is 3.79. The molecule has 6 nitrogen and oxygen atoms in total. The van der Waals surface area contributed by atoms with Gasteiger partial charge in [-0.15, -0.1) is 13.2 Å². The largest absolute Gasteiger partial charge is 0.573 e. The number of aryl methyl sites for hydroxylation is 1. The van der Waals surface area contributed by atoms with E-state index in [0.717, 1.165) is 39.3 Å². The van der Waals surface area contributed by atoms with Crippen molar-refractivity contribution in [3.05, 3.63) is 65.9 Å². The van der Waals surface area contributed by atoms with Gasteiger partial charge in [0.1, 0.15) is 11.4 Å². The molecule has 1 fully saturated rings. The van der Waals surface area contributed by atoms with E-state index in [1.807, 2.05) is 0 Å². The Kier molecular flexibility index (Phi) is 7.20. The van der Waals surface area contributed by atoms with E-state index in [9.17, 15) is 13.2 Å². The topological polar surface area (TPSA) is 53.8 Å². The summed E-state index contributed by atoms with van der Waals surface area (Å²) in [6.07, 6.45) is -4.71. The van der Waals surface area contributed by atoms with E-state index < -0.39 is 6.36 Å². The molecule has 4 rings (SSSR count). The smallest absolute Gasteiger partial charge is 0.406 e. The van der Waals surface area contributed by atoms with Crippen LogP contribution >= 0.6 is 0 Å². The van der Waals surface area contributed by atoms with E-state index in [-0.39, 0.29) is 5.75 Å². The summed E-state index contributed by atoms with van der Waals surface area (Å²) in [5, 5.41) is 7.37. The Labute approximate surface area is 190 Å². The summed E-state index contributed by atoms with van der Waals surface area (Å²) in [7, 11) is 0. The molecule has 0 atom stereocenters. The molecule has 2 aromatic carbocycles. The van der Waals surface area contributed by atoms with Gasteiger partial charge in [0.05, 0.1) is 6.54 Å². The molecule has 1 aliphatic heterocycles. The van der Waals surface area contributed by atoms with Crippen molar-refractivity contribution in [2.45, 2.75) is 19.8 Å². The van der Waals surface area contributed by atoms with Crippen LogP contribution in [0.15, 0.2) is 59.1 Å². The quantitative estimate of drug-likeness (QED) is 0.501.